The average molecular weight is 1160 g/mol. The fraction of sp³-hybridized carbons (Fsp3) is 0.412. The van der Waals surface area contributed by atoms with E-state index >= 15 is 0 Å². The van der Waals surface area contributed by atoms with E-state index in [1.165, 1.54) is 12.5 Å². The largest absolute Gasteiger partial charge is 0.416 e. The smallest absolute Gasteiger partial charge is 0.400 e. The molecule has 10 nitrogen and oxygen atoms in total. The summed E-state index contributed by atoms with van der Waals surface area (Å²) in [5.41, 5.74) is 2.00. The monoisotopic (exact) mass is 1150 g/mol. The van der Waals surface area contributed by atoms with E-state index in [2.05, 4.69) is 81.1 Å². The van der Waals surface area contributed by atoms with Crippen LogP contribution in [-0.4, -0.2) is 66.8 Å². The lowest BCUT2D eigenvalue weighted by molar-refractivity contribution is -0.385. The lowest BCUT2D eigenvalue weighted by atomic mass is 9.99. The molecule has 3 fully saturated rings. The summed E-state index contributed by atoms with van der Waals surface area (Å²) >= 11 is 2.77. The normalized spacial score (nSPS) is 14.2. The molecule has 24 heteroatoms. The van der Waals surface area contributed by atoms with Gasteiger partial charge in [-0.3, -0.25) is 20.2 Å². The first-order valence-electron chi connectivity index (χ1n) is 21.9. The standard InChI is InChI=1S/C13H4.C12H12F4N2O2.C12H14F4N2.C7H3BrF3NO2.C6H11F.CH4O.ClH/c1-3-5-7-9-11-13-12-10-8-6-4-2;13-9-1-3-17(4-2-9)10-5-8(12(14,15)16)6-11(7-10)18(19)20;13-9-1-3-18(4-2-9)11-6-8(12(14,15)16)5-10(17)7-11;8-5-1-4(7(9,10)11)2-6(3-5)12(13)14;7-6-4-2-1-3-5-6;1-2;/h1H,2H3;5-7,9H,1-4H2;5-7,9H,1-4,17H2;1-3H;6H,1-5H2;2H,1H3;1H. The molecule has 0 bridgehead atoms. The van der Waals surface area contributed by atoms with Gasteiger partial charge in [-0.05, 0) is 135 Å². The van der Waals surface area contributed by atoms with E-state index in [0.717, 1.165) is 69.2 Å². The number of aliphatic hydroxyl groups excluding tert-OH is 1. The third-order valence-electron chi connectivity index (χ3n) is 9.94. The molecule has 0 aromatic heterocycles. The zero-order chi connectivity index (χ0) is 56.1. The Hall–Kier alpha value is -6.89. The van der Waals surface area contributed by atoms with Gasteiger partial charge in [0.25, 0.3) is 11.4 Å². The maximum atomic E-state index is 13.0. The second kappa shape index (κ2) is 34.6. The first-order chi connectivity index (χ1) is 34.7. The van der Waals surface area contributed by atoms with Gasteiger partial charge >= 0.3 is 18.5 Å². The van der Waals surface area contributed by atoms with Crippen LogP contribution < -0.4 is 15.5 Å². The highest BCUT2D eigenvalue weighted by Crippen LogP contribution is 2.37. The van der Waals surface area contributed by atoms with Crippen molar-refractivity contribution in [1.82, 2.24) is 0 Å². The van der Waals surface area contributed by atoms with Gasteiger partial charge in [0.15, 0.2) is 0 Å². The van der Waals surface area contributed by atoms with Gasteiger partial charge in [0, 0.05) is 79.1 Å². The van der Waals surface area contributed by atoms with E-state index in [0.29, 0.717) is 43.8 Å². The SMILES string of the molecule is C#CC#CC#CC#CC#CC#CC.CO.Cl.FC1CCCCC1.Nc1cc(N2CCC(F)CC2)cc(C(F)(F)F)c1.O=[N+]([O-])c1cc(Br)cc(C(F)(F)F)c1.O=[N+]([O-])c1cc(N2CCC(F)CC2)cc(C(F)(F)F)c1. The minimum Gasteiger partial charge on any atom is -0.400 e. The Morgan fingerprint density at radius 3 is 1.27 bits per heavy atom. The number of hydrogen-bond acceptors (Lipinski definition) is 8. The number of halogens is 14. The van der Waals surface area contributed by atoms with E-state index in [1.54, 1.807) is 16.7 Å². The maximum Gasteiger partial charge on any atom is 0.416 e. The molecule has 0 atom stereocenters. The summed E-state index contributed by atoms with van der Waals surface area (Å²) in [6.07, 6.45) is -4.84. The molecular formula is C51H49BrClF12N5O5. The number of terminal acetylenes is 1. The van der Waals surface area contributed by atoms with Crippen LogP contribution in [0.2, 0.25) is 0 Å². The van der Waals surface area contributed by atoms with Gasteiger partial charge in [0.2, 0.25) is 0 Å². The predicted molar refractivity (Wildman–Crippen MR) is 269 cm³/mol. The number of nitro groups is 2. The predicted octanol–water partition coefficient (Wildman–Crippen LogP) is 13.1. The Morgan fingerprint density at radius 1 is 0.560 bits per heavy atom. The molecule has 0 radical (unpaired) electrons. The van der Waals surface area contributed by atoms with Gasteiger partial charge in [-0.25, -0.2) is 13.2 Å². The van der Waals surface area contributed by atoms with Crippen molar-refractivity contribution in [2.75, 3.05) is 48.8 Å². The molecule has 0 unspecified atom stereocenters. The van der Waals surface area contributed by atoms with Crippen LogP contribution in [0, 0.1) is 91.8 Å². The Balaban J connectivity index is 0.000000929. The van der Waals surface area contributed by atoms with Gasteiger partial charge < -0.3 is 20.6 Å². The van der Waals surface area contributed by atoms with E-state index in [-0.39, 0.29) is 54.2 Å². The molecule has 75 heavy (non-hydrogen) atoms. The molecule has 1 aliphatic carbocycles. The van der Waals surface area contributed by atoms with Crippen molar-refractivity contribution >= 4 is 56.8 Å². The number of anilines is 3. The molecule has 2 saturated heterocycles. The van der Waals surface area contributed by atoms with E-state index in [9.17, 15) is 72.9 Å². The average Bonchev–Trinajstić information content (AvgIpc) is 3.34. The van der Waals surface area contributed by atoms with Gasteiger partial charge in [-0.15, -0.1) is 18.8 Å². The Bertz CT molecular complexity index is 2670. The molecule has 2 heterocycles. The number of rotatable bonds is 4. The lowest BCUT2D eigenvalue weighted by Crippen LogP contribution is -2.34. The van der Waals surface area contributed by atoms with Crippen LogP contribution in [0.5, 0.6) is 0 Å². The fourth-order valence-electron chi connectivity index (χ4n) is 6.45. The van der Waals surface area contributed by atoms with Crippen molar-refractivity contribution in [2.24, 2.45) is 0 Å². The number of nitrogens with zero attached hydrogens (tertiary/aromatic N) is 4. The van der Waals surface area contributed by atoms with Gasteiger partial charge in [0.1, 0.15) is 18.5 Å². The zero-order valence-corrected chi connectivity index (χ0v) is 42.4. The van der Waals surface area contributed by atoms with Crippen LogP contribution in [-0.2, 0) is 18.5 Å². The Morgan fingerprint density at radius 2 is 0.907 bits per heavy atom. The number of nitro benzene ring substituents is 2. The number of piperidine rings is 2. The van der Waals surface area contributed by atoms with Crippen molar-refractivity contribution in [2.45, 2.75) is 102 Å². The maximum absolute atomic E-state index is 13.0. The second-order valence-corrected chi connectivity index (χ2v) is 16.3. The highest BCUT2D eigenvalue weighted by atomic mass is 79.9. The van der Waals surface area contributed by atoms with Crippen molar-refractivity contribution in [3.63, 3.8) is 0 Å². The number of aliphatic hydroxyl groups is 1. The summed E-state index contributed by atoms with van der Waals surface area (Å²) in [5, 5.41) is 28.0. The van der Waals surface area contributed by atoms with Gasteiger partial charge in [-0.2, -0.15) is 39.5 Å². The number of alkyl halides is 12. The van der Waals surface area contributed by atoms with Crippen LogP contribution in [0.15, 0.2) is 59.1 Å². The highest BCUT2D eigenvalue weighted by molar-refractivity contribution is 9.10. The summed E-state index contributed by atoms with van der Waals surface area (Å²) in [6, 6.07) is 8.21. The number of non-ortho nitro benzene ring substituents is 2. The molecule has 3 aromatic rings. The molecular weight excluding hydrogens is 1110 g/mol. The van der Waals surface area contributed by atoms with Crippen molar-refractivity contribution in [3.8, 4) is 71.5 Å². The third-order valence-corrected chi connectivity index (χ3v) is 10.4. The summed E-state index contributed by atoms with van der Waals surface area (Å²) in [4.78, 5) is 22.5. The molecule has 6 rings (SSSR count). The van der Waals surface area contributed by atoms with Crippen LogP contribution in [0.4, 0.5) is 81.1 Å². The minimum absolute atomic E-state index is 0. The quantitative estimate of drug-likeness (QED) is 0.0866. The van der Waals surface area contributed by atoms with Crippen LogP contribution >= 0.6 is 28.3 Å². The first-order valence-corrected chi connectivity index (χ1v) is 22.6. The van der Waals surface area contributed by atoms with Crippen molar-refractivity contribution in [3.05, 3.63) is 96.0 Å². The summed E-state index contributed by atoms with van der Waals surface area (Å²) in [6.45, 7) is 3.04. The number of benzene rings is 3. The summed E-state index contributed by atoms with van der Waals surface area (Å²) < 4.78 is 151. The topological polar surface area (TPSA) is 139 Å². The number of nitrogens with two attached hydrogens (primary N) is 1. The van der Waals surface area contributed by atoms with E-state index in [1.807, 2.05) is 0 Å². The molecule has 3 aromatic carbocycles. The summed E-state index contributed by atoms with van der Waals surface area (Å²) in [7, 11) is 1.00. The fourth-order valence-corrected chi connectivity index (χ4v) is 6.93. The number of hydrogen-bond donors (Lipinski definition) is 2. The van der Waals surface area contributed by atoms with Gasteiger partial charge in [-0.1, -0.05) is 41.1 Å². The Kier molecular flexibility index (Phi) is 31.4. The molecule has 406 valence electrons. The summed E-state index contributed by atoms with van der Waals surface area (Å²) in [5.74, 6) is 26.9. The van der Waals surface area contributed by atoms with Crippen molar-refractivity contribution < 1.29 is 67.6 Å². The van der Waals surface area contributed by atoms with E-state index < -0.39 is 75.0 Å². The van der Waals surface area contributed by atoms with Crippen LogP contribution in [0.25, 0.3) is 0 Å². The minimum atomic E-state index is -4.65. The molecule has 3 N–H and O–H groups in total. The third kappa shape index (κ3) is 27.8. The highest BCUT2D eigenvalue weighted by Gasteiger charge is 2.35. The van der Waals surface area contributed by atoms with E-state index in [4.69, 9.17) is 17.3 Å². The number of nitrogen functional groups attached to an aromatic ring is 1. The molecule has 1 saturated carbocycles. The zero-order valence-electron chi connectivity index (χ0n) is 40.0. The molecule has 3 aliphatic rings. The molecule has 0 spiro atoms. The van der Waals surface area contributed by atoms with Crippen LogP contribution in [0.1, 0.15) is 81.4 Å². The van der Waals surface area contributed by atoms with Crippen molar-refractivity contribution in [1.29, 1.82) is 0 Å². The molecule has 2 aliphatic heterocycles. The Labute approximate surface area is 441 Å². The first kappa shape index (κ1) is 68.1. The molecule has 0 amide bonds. The second-order valence-electron chi connectivity index (χ2n) is 15.3. The van der Waals surface area contributed by atoms with Gasteiger partial charge in [0.05, 0.1) is 26.5 Å². The lowest BCUT2D eigenvalue weighted by Gasteiger charge is -2.31. The van der Waals surface area contributed by atoms with Crippen LogP contribution in [0.3, 0.4) is 0 Å².